The van der Waals surface area contributed by atoms with Crippen LogP contribution >= 0.6 is 22.9 Å². The third-order valence-corrected chi connectivity index (χ3v) is 7.72. The Balaban J connectivity index is 1.44. The molecule has 1 aliphatic carbocycles. The largest absolute Gasteiger partial charge is 0.393 e. The SMILES string of the molecule is NS(=O)(=O)OC[C@H]1C[C@@H](Cc2ncncc2C(=O)c2cc(Cc3ccc(F)c(Cl)c3)cs2)C[C@@H]1O. The number of hydrogen-bond donors (Lipinski definition) is 2. The Morgan fingerprint density at radius 3 is 2.83 bits per heavy atom. The van der Waals surface area contributed by atoms with E-state index in [1.807, 2.05) is 5.38 Å². The molecule has 0 unspecified atom stereocenters. The molecule has 0 amide bonds. The number of nitrogens with two attached hydrogens (primary N) is 1. The third-order valence-electron chi connectivity index (χ3n) is 5.99. The number of aromatic nitrogens is 2. The molecule has 0 bridgehead atoms. The number of carbonyl (C=O) groups excluding carboxylic acids is 1. The van der Waals surface area contributed by atoms with Crippen LogP contribution in [0.4, 0.5) is 4.39 Å². The lowest BCUT2D eigenvalue weighted by Crippen LogP contribution is -2.24. The second-order valence-corrected chi connectivity index (χ2v) is 11.1. The maximum Gasteiger partial charge on any atom is 0.333 e. The van der Waals surface area contributed by atoms with E-state index in [9.17, 15) is 22.7 Å². The summed E-state index contributed by atoms with van der Waals surface area (Å²) < 4.78 is 40.2. The number of ketones is 1. The summed E-state index contributed by atoms with van der Waals surface area (Å²) in [5.74, 6) is -1.07. The topological polar surface area (TPSA) is 132 Å². The zero-order valence-corrected chi connectivity index (χ0v) is 20.8. The van der Waals surface area contributed by atoms with Crippen molar-refractivity contribution in [3.63, 3.8) is 0 Å². The molecule has 1 saturated carbocycles. The number of hydrogen-bond acceptors (Lipinski definition) is 8. The fraction of sp³-hybridized carbons (Fsp3) is 0.348. The monoisotopic (exact) mass is 539 g/mol. The van der Waals surface area contributed by atoms with Crippen molar-refractivity contribution >= 4 is 39.0 Å². The van der Waals surface area contributed by atoms with Crippen molar-refractivity contribution in [3.8, 4) is 0 Å². The lowest BCUT2D eigenvalue weighted by atomic mass is 9.96. The van der Waals surface area contributed by atoms with E-state index in [4.69, 9.17) is 16.7 Å². The van der Waals surface area contributed by atoms with E-state index < -0.39 is 22.2 Å². The summed E-state index contributed by atoms with van der Waals surface area (Å²) in [5.41, 5.74) is 2.67. The first-order valence-corrected chi connectivity index (χ1v) is 13.5. The molecular weight excluding hydrogens is 517 g/mol. The number of carbonyl (C=O) groups is 1. The van der Waals surface area contributed by atoms with Crippen LogP contribution in [0.3, 0.4) is 0 Å². The summed E-state index contributed by atoms with van der Waals surface area (Å²) in [6, 6.07) is 6.33. The van der Waals surface area contributed by atoms with Crippen molar-refractivity contribution in [2.24, 2.45) is 17.0 Å². The quantitative estimate of drug-likeness (QED) is 0.399. The molecule has 8 nitrogen and oxygen atoms in total. The highest BCUT2D eigenvalue weighted by Crippen LogP contribution is 2.34. The second kappa shape index (κ2) is 10.8. The first-order chi connectivity index (χ1) is 16.6. The molecule has 1 aliphatic rings. The Morgan fingerprint density at radius 2 is 2.09 bits per heavy atom. The number of aliphatic hydroxyl groups excluding tert-OH is 1. The van der Waals surface area contributed by atoms with Gasteiger partial charge in [-0.2, -0.15) is 8.42 Å². The minimum atomic E-state index is -4.08. The van der Waals surface area contributed by atoms with Crippen molar-refractivity contribution in [1.29, 1.82) is 0 Å². The first kappa shape index (κ1) is 25.8. The highest BCUT2D eigenvalue weighted by atomic mass is 35.5. The van der Waals surface area contributed by atoms with Gasteiger partial charge in [0.25, 0.3) is 0 Å². The van der Waals surface area contributed by atoms with Gasteiger partial charge >= 0.3 is 10.3 Å². The molecule has 4 rings (SSSR count). The minimum absolute atomic E-state index is 0.0114. The standard InChI is InChI=1S/C23H23ClFN3O5S2/c24-18-5-13(1-2-19(18)25)3-15-8-22(34-11-15)23(30)17-9-27-12-28-20(17)6-14-4-16(21(29)7-14)10-33-35(26,31)32/h1-2,5,8-9,11-12,14,16,21,29H,3-4,6-7,10H2,(H2,26,31,32)/t14-,16+,21-/m0/s1. The predicted octanol–water partition coefficient (Wildman–Crippen LogP) is 3.30. The van der Waals surface area contributed by atoms with Gasteiger partial charge in [-0.05, 0) is 66.3 Å². The Labute approximate surface area is 211 Å². The van der Waals surface area contributed by atoms with Crippen LogP contribution in [0.25, 0.3) is 0 Å². The highest BCUT2D eigenvalue weighted by molar-refractivity contribution is 7.84. The Bertz CT molecular complexity index is 1330. The number of halogens is 2. The highest BCUT2D eigenvalue weighted by Gasteiger charge is 2.35. The van der Waals surface area contributed by atoms with Crippen LogP contribution in [0.15, 0.2) is 42.2 Å². The first-order valence-electron chi connectivity index (χ1n) is 10.8. The fourth-order valence-corrected chi connectivity index (χ4v) is 5.76. The van der Waals surface area contributed by atoms with E-state index in [1.54, 1.807) is 18.2 Å². The van der Waals surface area contributed by atoms with Crippen LogP contribution in [0.1, 0.15) is 44.9 Å². The van der Waals surface area contributed by atoms with Crippen LogP contribution < -0.4 is 5.14 Å². The van der Waals surface area contributed by atoms with Crippen molar-refractivity contribution in [1.82, 2.24) is 9.97 Å². The summed E-state index contributed by atoms with van der Waals surface area (Å²) in [6.45, 7) is -0.191. The molecule has 0 radical (unpaired) electrons. The number of thiophene rings is 1. The maximum absolute atomic E-state index is 13.4. The van der Waals surface area contributed by atoms with Crippen LogP contribution in [-0.4, -0.2) is 42.0 Å². The molecule has 3 atom stereocenters. The Morgan fingerprint density at radius 1 is 1.29 bits per heavy atom. The normalized spacial score (nSPS) is 20.3. The van der Waals surface area contributed by atoms with E-state index in [-0.39, 0.29) is 29.2 Å². The molecular formula is C23H23ClFN3O5S2. The zero-order valence-electron chi connectivity index (χ0n) is 18.4. The summed E-state index contributed by atoms with van der Waals surface area (Å²) in [7, 11) is -4.08. The Hall–Kier alpha value is -2.28. The number of aliphatic hydroxyl groups is 1. The van der Waals surface area contributed by atoms with Crippen LogP contribution in [0.5, 0.6) is 0 Å². The summed E-state index contributed by atoms with van der Waals surface area (Å²) in [5, 5.41) is 17.1. The number of benzene rings is 1. The Kier molecular flexibility index (Phi) is 7.94. The number of rotatable bonds is 9. The third kappa shape index (κ3) is 6.69. The van der Waals surface area contributed by atoms with Crippen molar-refractivity contribution in [2.45, 2.75) is 31.8 Å². The molecule has 1 fully saturated rings. The van der Waals surface area contributed by atoms with Gasteiger partial charge in [-0.1, -0.05) is 17.7 Å². The molecule has 2 aromatic heterocycles. The van der Waals surface area contributed by atoms with Crippen molar-refractivity contribution in [2.75, 3.05) is 6.61 Å². The van der Waals surface area contributed by atoms with E-state index >= 15 is 0 Å². The molecule has 3 N–H and O–H groups in total. The van der Waals surface area contributed by atoms with E-state index in [0.29, 0.717) is 41.8 Å². The molecule has 2 heterocycles. The van der Waals surface area contributed by atoms with E-state index in [0.717, 1.165) is 11.1 Å². The molecule has 186 valence electrons. The van der Waals surface area contributed by atoms with Gasteiger partial charge in [0.05, 0.1) is 33.9 Å². The van der Waals surface area contributed by atoms with Crippen molar-refractivity contribution < 1.29 is 26.9 Å². The van der Waals surface area contributed by atoms with Gasteiger partial charge in [-0.25, -0.2) is 19.5 Å². The molecule has 0 aliphatic heterocycles. The number of nitrogens with zero attached hydrogens (tertiary/aromatic N) is 2. The average molecular weight is 540 g/mol. The predicted molar refractivity (Wildman–Crippen MR) is 129 cm³/mol. The van der Waals surface area contributed by atoms with E-state index in [2.05, 4.69) is 14.2 Å². The smallest absolute Gasteiger partial charge is 0.333 e. The van der Waals surface area contributed by atoms with Gasteiger partial charge in [0.1, 0.15) is 12.1 Å². The van der Waals surface area contributed by atoms with Gasteiger partial charge in [0, 0.05) is 12.1 Å². The molecule has 0 spiro atoms. The molecule has 0 saturated heterocycles. The lowest BCUT2D eigenvalue weighted by Gasteiger charge is -2.13. The second-order valence-electron chi connectivity index (χ2n) is 8.60. The molecule has 3 aromatic rings. The molecule has 12 heteroatoms. The van der Waals surface area contributed by atoms with Crippen LogP contribution in [-0.2, 0) is 27.3 Å². The maximum atomic E-state index is 13.4. The average Bonchev–Trinajstić information content (AvgIpc) is 3.40. The zero-order chi connectivity index (χ0) is 25.2. The summed E-state index contributed by atoms with van der Waals surface area (Å²) >= 11 is 7.17. The van der Waals surface area contributed by atoms with Gasteiger partial charge < -0.3 is 5.11 Å². The molecule has 1 aromatic carbocycles. The van der Waals surface area contributed by atoms with Gasteiger partial charge in [-0.15, -0.1) is 11.3 Å². The van der Waals surface area contributed by atoms with Gasteiger partial charge in [-0.3, -0.25) is 8.98 Å². The van der Waals surface area contributed by atoms with E-state index in [1.165, 1.54) is 29.9 Å². The minimum Gasteiger partial charge on any atom is -0.393 e. The summed E-state index contributed by atoms with van der Waals surface area (Å²) in [4.78, 5) is 22.1. The van der Waals surface area contributed by atoms with Crippen LogP contribution in [0, 0.1) is 17.7 Å². The van der Waals surface area contributed by atoms with Gasteiger partial charge in [0.15, 0.2) is 0 Å². The van der Waals surface area contributed by atoms with Crippen LogP contribution in [0.2, 0.25) is 5.02 Å². The lowest BCUT2D eigenvalue weighted by molar-refractivity contribution is 0.100. The van der Waals surface area contributed by atoms with Crippen molar-refractivity contribution in [3.05, 3.63) is 80.3 Å². The summed E-state index contributed by atoms with van der Waals surface area (Å²) in [6.07, 6.45) is 4.00. The van der Waals surface area contributed by atoms with Gasteiger partial charge in [0.2, 0.25) is 5.78 Å². The fourth-order valence-electron chi connectivity index (χ4n) is 4.33. The molecule has 35 heavy (non-hydrogen) atoms.